The number of nitrogens with one attached hydrogen (secondary N) is 1. The van der Waals surface area contributed by atoms with E-state index < -0.39 is 0 Å². The smallest absolute Gasteiger partial charge is 0.251 e. The van der Waals surface area contributed by atoms with Gasteiger partial charge in [-0.3, -0.25) is 9.48 Å². The van der Waals surface area contributed by atoms with Gasteiger partial charge in [0.15, 0.2) is 0 Å². The molecular formula is C23H23N5O. The molecule has 146 valence electrons. The fraction of sp³-hybridized carbons (Fsp3) is 0.174. The summed E-state index contributed by atoms with van der Waals surface area (Å²) >= 11 is 0. The van der Waals surface area contributed by atoms with E-state index in [0.717, 1.165) is 29.2 Å². The van der Waals surface area contributed by atoms with Crippen LogP contribution in [0.15, 0.2) is 73.1 Å². The minimum Gasteiger partial charge on any atom is -0.348 e. The van der Waals surface area contributed by atoms with Crippen LogP contribution in [0.5, 0.6) is 0 Å². The molecule has 4 aromatic rings. The molecule has 2 aromatic heterocycles. The van der Waals surface area contributed by atoms with Gasteiger partial charge in [0.2, 0.25) is 0 Å². The first-order chi connectivity index (χ1) is 14.1. The Labute approximate surface area is 169 Å². The van der Waals surface area contributed by atoms with Crippen LogP contribution in [0.1, 0.15) is 32.9 Å². The number of amides is 1. The summed E-state index contributed by atoms with van der Waals surface area (Å²) < 4.78 is 3.76. The van der Waals surface area contributed by atoms with Crippen molar-refractivity contribution in [3.8, 4) is 5.69 Å². The minimum absolute atomic E-state index is 0.0921. The number of carbonyl (C=O) groups excluding carboxylic acids is 1. The fourth-order valence-corrected chi connectivity index (χ4v) is 3.27. The van der Waals surface area contributed by atoms with E-state index in [1.54, 1.807) is 6.20 Å². The van der Waals surface area contributed by atoms with E-state index in [4.69, 9.17) is 0 Å². The third kappa shape index (κ3) is 4.43. The van der Waals surface area contributed by atoms with E-state index in [1.807, 2.05) is 77.9 Å². The summed E-state index contributed by atoms with van der Waals surface area (Å²) in [5, 5.41) is 11.7. The van der Waals surface area contributed by atoms with Crippen LogP contribution in [-0.2, 0) is 13.1 Å². The van der Waals surface area contributed by atoms with Crippen LogP contribution < -0.4 is 5.32 Å². The molecule has 2 heterocycles. The highest BCUT2D eigenvalue weighted by molar-refractivity contribution is 5.94. The second-order valence-corrected chi connectivity index (χ2v) is 7.09. The molecule has 0 bridgehead atoms. The average Bonchev–Trinajstić information content (AvgIpc) is 3.36. The van der Waals surface area contributed by atoms with Gasteiger partial charge in [0, 0.05) is 30.2 Å². The number of nitrogens with zero attached hydrogens (tertiary/aromatic N) is 4. The Morgan fingerprint density at radius 2 is 1.72 bits per heavy atom. The van der Waals surface area contributed by atoms with E-state index in [9.17, 15) is 4.79 Å². The Morgan fingerprint density at radius 3 is 2.34 bits per heavy atom. The van der Waals surface area contributed by atoms with Crippen LogP contribution in [0, 0.1) is 13.8 Å². The number of rotatable bonds is 6. The molecule has 1 N–H and O–H groups in total. The van der Waals surface area contributed by atoms with Gasteiger partial charge in [0.05, 0.1) is 17.9 Å². The van der Waals surface area contributed by atoms with Crippen molar-refractivity contribution < 1.29 is 4.79 Å². The molecule has 0 spiro atoms. The van der Waals surface area contributed by atoms with Gasteiger partial charge in [-0.1, -0.05) is 24.3 Å². The standard InChI is InChI=1S/C23H23N5O/c1-17-14-18(2)28(26-17)22-10-8-21(9-11-22)23(29)24-15-19-4-6-20(7-5-19)16-27-13-3-12-25-27/h3-14H,15-16H2,1-2H3,(H,24,29). The second-order valence-electron chi connectivity index (χ2n) is 7.09. The van der Waals surface area contributed by atoms with Crippen LogP contribution >= 0.6 is 0 Å². The maximum Gasteiger partial charge on any atom is 0.251 e. The molecule has 1 amide bonds. The molecule has 0 atom stereocenters. The third-order valence-electron chi connectivity index (χ3n) is 4.76. The maximum absolute atomic E-state index is 12.5. The van der Waals surface area contributed by atoms with Crippen molar-refractivity contribution in [1.82, 2.24) is 24.9 Å². The molecule has 4 rings (SSSR count). The van der Waals surface area contributed by atoms with Gasteiger partial charge in [0.25, 0.3) is 5.91 Å². The lowest BCUT2D eigenvalue weighted by Gasteiger charge is -2.08. The molecule has 0 aliphatic rings. The van der Waals surface area contributed by atoms with E-state index in [-0.39, 0.29) is 5.91 Å². The van der Waals surface area contributed by atoms with Gasteiger partial charge in [-0.2, -0.15) is 10.2 Å². The molecule has 0 saturated heterocycles. The zero-order valence-corrected chi connectivity index (χ0v) is 16.5. The highest BCUT2D eigenvalue weighted by atomic mass is 16.1. The summed E-state index contributed by atoms with van der Waals surface area (Å²) in [6.45, 7) is 5.21. The lowest BCUT2D eigenvalue weighted by atomic mass is 10.1. The summed E-state index contributed by atoms with van der Waals surface area (Å²) in [5.41, 5.74) is 5.84. The van der Waals surface area contributed by atoms with E-state index in [1.165, 1.54) is 5.56 Å². The van der Waals surface area contributed by atoms with Gasteiger partial charge in [0.1, 0.15) is 0 Å². The third-order valence-corrected chi connectivity index (χ3v) is 4.76. The topological polar surface area (TPSA) is 64.7 Å². The number of carbonyl (C=O) groups is 1. The first-order valence-corrected chi connectivity index (χ1v) is 9.55. The zero-order valence-electron chi connectivity index (χ0n) is 16.5. The van der Waals surface area contributed by atoms with E-state index in [0.29, 0.717) is 12.1 Å². The highest BCUT2D eigenvalue weighted by Gasteiger charge is 2.08. The van der Waals surface area contributed by atoms with Crippen LogP contribution in [-0.4, -0.2) is 25.5 Å². The maximum atomic E-state index is 12.5. The van der Waals surface area contributed by atoms with Gasteiger partial charge in [-0.15, -0.1) is 0 Å². The Hall–Kier alpha value is -3.67. The second kappa shape index (κ2) is 8.14. The molecule has 0 radical (unpaired) electrons. The lowest BCUT2D eigenvalue weighted by molar-refractivity contribution is 0.0951. The summed E-state index contributed by atoms with van der Waals surface area (Å²) in [4.78, 5) is 12.5. The van der Waals surface area contributed by atoms with Gasteiger partial charge in [-0.25, -0.2) is 4.68 Å². The minimum atomic E-state index is -0.0921. The Balaban J connectivity index is 1.35. The number of aryl methyl sites for hydroxylation is 2. The first-order valence-electron chi connectivity index (χ1n) is 9.55. The number of hydrogen-bond donors (Lipinski definition) is 1. The summed E-state index contributed by atoms with van der Waals surface area (Å²) in [7, 11) is 0. The van der Waals surface area contributed by atoms with Crippen molar-refractivity contribution in [3.05, 3.63) is 101 Å². The summed E-state index contributed by atoms with van der Waals surface area (Å²) in [6.07, 6.45) is 3.71. The molecule has 0 aliphatic carbocycles. The van der Waals surface area contributed by atoms with Crippen molar-refractivity contribution >= 4 is 5.91 Å². The molecule has 6 nitrogen and oxygen atoms in total. The highest BCUT2D eigenvalue weighted by Crippen LogP contribution is 2.13. The molecule has 0 fully saturated rings. The molecule has 0 saturated carbocycles. The Bertz CT molecular complexity index is 1090. The number of benzene rings is 2. The van der Waals surface area contributed by atoms with Gasteiger partial charge < -0.3 is 5.32 Å². The Kier molecular flexibility index (Phi) is 5.24. The van der Waals surface area contributed by atoms with E-state index >= 15 is 0 Å². The molecule has 2 aromatic carbocycles. The number of hydrogen-bond acceptors (Lipinski definition) is 3. The average molecular weight is 385 g/mol. The predicted molar refractivity (Wildman–Crippen MR) is 112 cm³/mol. The van der Waals surface area contributed by atoms with E-state index in [2.05, 4.69) is 27.6 Å². The van der Waals surface area contributed by atoms with Gasteiger partial charge in [-0.05, 0) is 61.4 Å². The summed E-state index contributed by atoms with van der Waals surface area (Å²) in [6, 6.07) is 19.6. The predicted octanol–water partition coefficient (Wildman–Crippen LogP) is 3.66. The number of aromatic nitrogens is 4. The molecule has 29 heavy (non-hydrogen) atoms. The van der Waals surface area contributed by atoms with Crippen LogP contribution in [0.3, 0.4) is 0 Å². The van der Waals surface area contributed by atoms with Crippen LogP contribution in [0.4, 0.5) is 0 Å². The molecular weight excluding hydrogens is 362 g/mol. The monoisotopic (exact) mass is 385 g/mol. The SMILES string of the molecule is Cc1cc(C)n(-c2ccc(C(=O)NCc3ccc(Cn4cccn4)cc3)cc2)n1. The van der Waals surface area contributed by atoms with Gasteiger partial charge >= 0.3 is 0 Å². The normalized spacial score (nSPS) is 10.8. The quantitative estimate of drug-likeness (QED) is 0.551. The molecule has 0 unspecified atom stereocenters. The fourth-order valence-electron chi connectivity index (χ4n) is 3.27. The van der Waals surface area contributed by atoms with Crippen molar-refractivity contribution in [2.75, 3.05) is 0 Å². The molecule has 6 heteroatoms. The zero-order chi connectivity index (χ0) is 20.2. The first kappa shape index (κ1) is 18.7. The lowest BCUT2D eigenvalue weighted by Crippen LogP contribution is -2.22. The van der Waals surface area contributed by atoms with Crippen molar-refractivity contribution in [1.29, 1.82) is 0 Å². The largest absolute Gasteiger partial charge is 0.348 e. The molecule has 0 aliphatic heterocycles. The Morgan fingerprint density at radius 1 is 1.00 bits per heavy atom. The van der Waals surface area contributed by atoms with Crippen LogP contribution in [0.25, 0.3) is 5.69 Å². The van der Waals surface area contributed by atoms with Crippen LogP contribution in [0.2, 0.25) is 0 Å². The van der Waals surface area contributed by atoms with Crippen molar-refractivity contribution in [3.63, 3.8) is 0 Å². The summed E-state index contributed by atoms with van der Waals surface area (Å²) in [5.74, 6) is -0.0921. The van der Waals surface area contributed by atoms with Crippen molar-refractivity contribution in [2.24, 2.45) is 0 Å². The van der Waals surface area contributed by atoms with Crippen molar-refractivity contribution in [2.45, 2.75) is 26.9 Å².